The van der Waals surface area contributed by atoms with Gasteiger partial charge in [0.15, 0.2) is 5.78 Å². The van der Waals surface area contributed by atoms with Gasteiger partial charge in [0.05, 0.1) is 17.7 Å². The van der Waals surface area contributed by atoms with Crippen LogP contribution in [0.25, 0.3) is 11.8 Å². The number of nitro groups is 1. The maximum absolute atomic E-state index is 12.4. The second kappa shape index (κ2) is 7.48. The van der Waals surface area contributed by atoms with Crippen molar-refractivity contribution in [3.63, 3.8) is 0 Å². The second-order valence-corrected chi connectivity index (χ2v) is 5.51. The number of ketones is 1. The molecule has 0 atom stereocenters. The highest BCUT2D eigenvalue weighted by atomic mass is 16.6. The molecule has 26 heavy (non-hydrogen) atoms. The van der Waals surface area contributed by atoms with Crippen molar-refractivity contribution in [3.05, 3.63) is 94.3 Å². The largest absolute Gasteiger partial charge is 0.497 e. The van der Waals surface area contributed by atoms with Gasteiger partial charge in [-0.05, 0) is 42.5 Å². The number of ether oxygens (including phenoxy) is 1. The zero-order chi connectivity index (χ0) is 18.5. The number of nitrogens with zero attached hydrogens (tertiary/aromatic N) is 2. The highest BCUT2D eigenvalue weighted by Gasteiger charge is 2.09. The molecule has 130 valence electrons. The molecule has 0 aliphatic heterocycles. The molecule has 0 N–H and O–H groups in total. The van der Waals surface area contributed by atoms with Gasteiger partial charge in [0.25, 0.3) is 5.69 Å². The van der Waals surface area contributed by atoms with Crippen molar-refractivity contribution in [1.29, 1.82) is 0 Å². The lowest BCUT2D eigenvalue weighted by atomic mass is 10.1. The van der Waals surface area contributed by atoms with E-state index in [4.69, 9.17) is 4.74 Å². The standard InChI is InChI=1S/C20H16N2O4/c1-26-19-9-2-5-15(13-19)20(23)11-10-16-8-4-12-21(16)17-6-3-7-18(14-17)22(24)25/h2-14H,1H3/b11-10+. The van der Waals surface area contributed by atoms with Crippen LogP contribution in [0, 0.1) is 10.1 Å². The number of carbonyl (C=O) groups is 1. The lowest BCUT2D eigenvalue weighted by molar-refractivity contribution is -0.384. The molecule has 0 saturated carbocycles. The molecule has 0 spiro atoms. The summed E-state index contributed by atoms with van der Waals surface area (Å²) < 4.78 is 6.91. The molecule has 0 saturated heterocycles. The first-order chi connectivity index (χ1) is 12.6. The molecule has 0 fully saturated rings. The first-order valence-electron chi connectivity index (χ1n) is 7.87. The highest BCUT2D eigenvalue weighted by molar-refractivity contribution is 6.07. The Bertz CT molecular complexity index is 989. The van der Waals surface area contributed by atoms with Crippen molar-refractivity contribution in [2.45, 2.75) is 0 Å². The molecule has 3 rings (SSSR count). The minimum Gasteiger partial charge on any atom is -0.497 e. The van der Waals surface area contributed by atoms with Gasteiger partial charge in [-0.15, -0.1) is 0 Å². The molecule has 0 radical (unpaired) electrons. The van der Waals surface area contributed by atoms with Crippen LogP contribution in [-0.4, -0.2) is 22.4 Å². The Kier molecular flexibility index (Phi) is 4.94. The number of hydrogen-bond acceptors (Lipinski definition) is 4. The minimum atomic E-state index is -0.436. The monoisotopic (exact) mass is 348 g/mol. The average Bonchev–Trinajstić information content (AvgIpc) is 3.14. The van der Waals surface area contributed by atoms with Crippen LogP contribution >= 0.6 is 0 Å². The molecule has 2 aromatic carbocycles. The first kappa shape index (κ1) is 17.2. The van der Waals surface area contributed by atoms with Gasteiger partial charge < -0.3 is 9.30 Å². The molecule has 0 aliphatic carbocycles. The first-order valence-corrected chi connectivity index (χ1v) is 7.87. The number of benzene rings is 2. The topological polar surface area (TPSA) is 74.4 Å². The molecule has 1 aromatic heterocycles. The predicted octanol–water partition coefficient (Wildman–Crippen LogP) is 4.29. The summed E-state index contributed by atoms with van der Waals surface area (Å²) in [4.78, 5) is 22.9. The summed E-state index contributed by atoms with van der Waals surface area (Å²) in [5.41, 5.74) is 1.92. The number of rotatable bonds is 6. The van der Waals surface area contributed by atoms with Crippen molar-refractivity contribution >= 4 is 17.5 Å². The molecular weight excluding hydrogens is 332 g/mol. The van der Waals surface area contributed by atoms with Crippen molar-refractivity contribution in [3.8, 4) is 11.4 Å². The average molecular weight is 348 g/mol. The zero-order valence-corrected chi connectivity index (χ0v) is 14.0. The molecule has 1 heterocycles. The van der Waals surface area contributed by atoms with Gasteiger partial charge in [-0.25, -0.2) is 0 Å². The normalized spacial score (nSPS) is 10.8. The number of non-ortho nitro benzene ring substituents is 1. The summed E-state index contributed by atoms with van der Waals surface area (Å²) in [5, 5.41) is 11.0. The van der Waals surface area contributed by atoms with E-state index in [1.807, 2.05) is 12.1 Å². The number of nitro benzene ring substituents is 1. The SMILES string of the molecule is COc1cccc(C(=O)/C=C/c2cccn2-c2cccc([N+](=O)[O-])c2)c1. The van der Waals surface area contributed by atoms with E-state index >= 15 is 0 Å². The van der Waals surface area contributed by atoms with Gasteiger partial charge >= 0.3 is 0 Å². The third-order valence-electron chi connectivity index (χ3n) is 3.86. The number of hydrogen-bond donors (Lipinski definition) is 0. The Morgan fingerprint density at radius 1 is 1.12 bits per heavy atom. The van der Waals surface area contributed by atoms with Gasteiger partial charge in [-0.3, -0.25) is 14.9 Å². The summed E-state index contributed by atoms with van der Waals surface area (Å²) in [6.45, 7) is 0. The number of methoxy groups -OCH3 is 1. The summed E-state index contributed by atoms with van der Waals surface area (Å²) in [6.07, 6.45) is 4.94. The maximum Gasteiger partial charge on any atom is 0.271 e. The Morgan fingerprint density at radius 2 is 1.92 bits per heavy atom. The van der Waals surface area contributed by atoms with E-state index in [-0.39, 0.29) is 11.5 Å². The van der Waals surface area contributed by atoms with Crippen molar-refractivity contribution < 1.29 is 14.5 Å². The molecule has 0 amide bonds. The smallest absolute Gasteiger partial charge is 0.271 e. The van der Waals surface area contributed by atoms with Crippen LogP contribution in [0.4, 0.5) is 5.69 Å². The summed E-state index contributed by atoms with van der Waals surface area (Å²) >= 11 is 0. The van der Waals surface area contributed by atoms with Gasteiger partial charge in [0.1, 0.15) is 5.75 Å². The third-order valence-corrected chi connectivity index (χ3v) is 3.86. The summed E-state index contributed by atoms with van der Waals surface area (Å²) in [5.74, 6) is 0.458. The summed E-state index contributed by atoms with van der Waals surface area (Å²) in [6, 6.07) is 16.9. The van der Waals surface area contributed by atoms with Gasteiger partial charge in [0, 0.05) is 29.6 Å². The van der Waals surface area contributed by atoms with E-state index in [1.165, 1.54) is 18.2 Å². The molecular formula is C20H16N2O4. The molecule has 6 heteroatoms. The molecule has 3 aromatic rings. The minimum absolute atomic E-state index is 0.0126. The van der Waals surface area contributed by atoms with Crippen LogP contribution in [0.5, 0.6) is 5.75 Å². The van der Waals surface area contributed by atoms with E-state index in [0.717, 1.165) is 5.69 Å². The van der Waals surface area contributed by atoms with Crippen molar-refractivity contribution in [2.24, 2.45) is 0 Å². The van der Waals surface area contributed by atoms with Gasteiger partial charge in [0.2, 0.25) is 0 Å². The van der Waals surface area contributed by atoms with E-state index in [9.17, 15) is 14.9 Å². The molecule has 0 unspecified atom stereocenters. The van der Waals surface area contributed by atoms with Crippen LogP contribution < -0.4 is 4.74 Å². The number of allylic oxidation sites excluding steroid dienone is 1. The Hall–Kier alpha value is -3.67. The Balaban J connectivity index is 1.87. The van der Waals surface area contributed by atoms with Crippen molar-refractivity contribution in [2.75, 3.05) is 7.11 Å². The fraction of sp³-hybridized carbons (Fsp3) is 0.0500. The quantitative estimate of drug-likeness (QED) is 0.288. The third kappa shape index (κ3) is 3.70. The maximum atomic E-state index is 12.4. The van der Waals surface area contributed by atoms with E-state index in [0.29, 0.717) is 17.0 Å². The van der Waals surface area contributed by atoms with E-state index < -0.39 is 4.92 Å². The molecule has 6 nitrogen and oxygen atoms in total. The second-order valence-electron chi connectivity index (χ2n) is 5.51. The summed E-state index contributed by atoms with van der Waals surface area (Å²) in [7, 11) is 1.55. The lowest BCUT2D eigenvalue weighted by Crippen LogP contribution is -1.98. The number of carbonyl (C=O) groups excluding carboxylic acids is 1. The van der Waals surface area contributed by atoms with Crippen LogP contribution in [0.3, 0.4) is 0 Å². The van der Waals surface area contributed by atoms with E-state index in [1.54, 1.807) is 60.3 Å². The fourth-order valence-electron chi connectivity index (χ4n) is 2.56. The fourth-order valence-corrected chi connectivity index (χ4v) is 2.56. The van der Waals surface area contributed by atoms with Crippen LogP contribution in [0.15, 0.2) is 72.9 Å². The van der Waals surface area contributed by atoms with E-state index in [2.05, 4.69) is 0 Å². The van der Waals surface area contributed by atoms with Crippen LogP contribution in [0.1, 0.15) is 16.1 Å². The molecule has 0 bridgehead atoms. The zero-order valence-electron chi connectivity index (χ0n) is 14.0. The Labute approximate surface area is 150 Å². The van der Waals surface area contributed by atoms with Gasteiger partial charge in [-0.1, -0.05) is 18.2 Å². The molecule has 0 aliphatic rings. The Morgan fingerprint density at radius 3 is 2.69 bits per heavy atom. The van der Waals surface area contributed by atoms with Crippen molar-refractivity contribution in [1.82, 2.24) is 4.57 Å². The lowest BCUT2D eigenvalue weighted by Gasteiger charge is -2.06. The predicted molar refractivity (Wildman–Crippen MR) is 98.8 cm³/mol. The highest BCUT2D eigenvalue weighted by Crippen LogP contribution is 2.20. The van der Waals surface area contributed by atoms with Crippen LogP contribution in [-0.2, 0) is 0 Å². The van der Waals surface area contributed by atoms with Gasteiger partial charge in [-0.2, -0.15) is 0 Å². The van der Waals surface area contributed by atoms with Crippen LogP contribution in [0.2, 0.25) is 0 Å². The number of aromatic nitrogens is 1.